The van der Waals surface area contributed by atoms with Crippen LogP contribution < -0.4 is 5.32 Å². The number of nitrogens with one attached hydrogen (secondary N) is 1. The lowest BCUT2D eigenvalue weighted by Crippen LogP contribution is -2.04. The fourth-order valence-electron chi connectivity index (χ4n) is 1.41. The quantitative estimate of drug-likeness (QED) is 0.671. The largest absolute Gasteiger partial charge is 0.348 e. The van der Waals surface area contributed by atoms with Crippen molar-refractivity contribution in [2.24, 2.45) is 0 Å². The summed E-state index contributed by atoms with van der Waals surface area (Å²) >= 11 is 0. The highest BCUT2D eigenvalue weighted by molar-refractivity contribution is 5.66. The van der Waals surface area contributed by atoms with Crippen molar-refractivity contribution in [2.75, 3.05) is 5.32 Å². The molecule has 0 saturated carbocycles. The van der Waals surface area contributed by atoms with E-state index in [0.29, 0.717) is 0 Å². The summed E-state index contributed by atoms with van der Waals surface area (Å²) in [7, 11) is 0. The molecular weight excluding hydrogens is 262 g/mol. The summed E-state index contributed by atoms with van der Waals surface area (Å²) in [6, 6.07) is 3.14. The van der Waals surface area contributed by atoms with Crippen LogP contribution in [0.4, 0.5) is 28.9 Å². The second kappa shape index (κ2) is 4.94. The molecule has 1 heterocycles. The predicted molar refractivity (Wildman–Crippen MR) is 58.5 cm³/mol. The molecule has 1 aromatic heterocycles. The highest BCUT2D eigenvalue weighted by atomic mass is 19.2. The molecule has 0 aliphatic carbocycles. The molecule has 0 amide bonds. The maximum absolute atomic E-state index is 13.4. The summed E-state index contributed by atoms with van der Waals surface area (Å²) in [5, 5.41) is 10.9. The van der Waals surface area contributed by atoms with E-state index in [4.69, 9.17) is 5.26 Å². The molecule has 1 N–H and O–H groups in total. The van der Waals surface area contributed by atoms with Crippen LogP contribution in [-0.4, -0.2) is 4.98 Å². The summed E-state index contributed by atoms with van der Waals surface area (Å²) in [5.74, 6) is -6.23. The molecule has 2 aromatic rings. The van der Waals surface area contributed by atoms with Gasteiger partial charge in [0.15, 0.2) is 23.3 Å². The SMILES string of the molecule is N#Cc1ccncc1Nc1c(F)c(F)cc(F)c1F. The number of nitriles is 1. The highest BCUT2D eigenvalue weighted by Gasteiger charge is 2.20. The number of hydrogen-bond donors (Lipinski definition) is 1. The molecule has 0 aliphatic rings. The lowest BCUT2D eigenvalue weighted by atomic mass is 10.2. The van der Waals surface area contributed by atoms with E-state index in [1.165, 1.54) is 12.3 Å². The van der Waals surface area contributed by atoms with Crippen LogP contribution in [0.1, 0.15) is 5.56 Å². The molecular formula is C12H5F4N3. The first-order valence-electron chi connectivity index (χ1n) is 4.98. The topological polar surface area (TPSA) is 48.7 Å². The Hall–Kier alpha value is -2.62. The number of nitrogens with zero attached hydrogens (tertiary/aromatic N) is 2. The van der Waals surface area contributed by atoms with E-state index in [0.717, 1.165) is 6.20 Å². The van der Waals surface area contributed by atoms with Crippen molar-refractivity contribution in [2.45, 2.75) is 0 Å². The molecule has 3 nitrogen and oxygen atoms in total. The van der Waals surface area contributed by atoms with Crippen LogP contribution in [0.2, 0.25) is 0 Å². The lowest BCUT2D eigenvalue weighted by Gasteiger charge is -2.10. The average molecular weight is 267 g/mol. The van der Waals surface area contributed by atoms with E-state index in [-0.39, 0.29) is 17.3 Å². The summed E-state index contributed by atoms with van der Waals surface area (Å²) < 4.78 is 52.8. The number of hydrogen-bond acceptors (Lipinski definition) is 3. The third kappa shape index (κ3) is 2.33. The molecule has 0 spiro atoms. The van der Waals surface area contributed by atoms with E-state index in [9.17, 15) is 17.6 Å². The van der Waals surface area contributed by atoms with Gasteiger partial charge < -0.3 is 5.32 Å². The zero-order chi connectivity index (χ0) is 14.0. The minimum Gasteiger partial charge on any atom is -0.348 e. The first kappa shape index (κ1) is 12.8. The number of halogens is 4. The zero-order valence-corrected chi connectivity index (χ0v) is 9.22. The Labute approximate surface area is 105 Å². The highest BCUT2D eigenvalue weighted by Crippen LogP contribution is 2.28. The van der Waals surface area contributed by atoms with Crippen LogP contribution in [0, 0.1) is 34.6 Å². The Morgan fingerprint density at radius 3 is 2.32 bits per heavy atom. The number of rotatable bonds is 2. The van der Waals surface area contributed by atoms with Crippen molar-refractivity contribution in [1.29, 1.82) is 5.26 Å². The first-order valence-corrected chi connectivity index (χ1v) is 4.98. The Kier molecular flexibility index (Phi) is 3.33. The summed E-state index contributed by atoms with van der Waals surface area (Å²) in [4.78, 5) is 3.65. The molecule has 19 heavy (non-hydrogen) atoms. The van der Waals surface area contributed by atoms with Crippen LogP contribution in [0.5, 0.6) is 0 Å². The van der Waals surface area contributed by atoms with Crippen molar-refractivity contribution < 1.29 is 17.6 Å². The number of anilines is 2. The number of aromatic nitrogens is 1. The molecule has 1 aromatic carbocycles. The fraction of sp³-hybridized carbons (Fsp3) is 0. The maximum Gasteiger partial charge on any atom is 0.185 e. The average Bonchev–Trinajstić information content (AvgIpc) is 2.42. The van der Waals surface area contributed by atoms with Gasteiger partial charge in [-0.3, -0.25) is 4.98 Å². The monoisotopic (exact) mass is 267 g/mol. The molecule has 7 heteroatoms. The molecule has 0 bridgehead atoms. The molecule has 0 unspecified atom stereocenters. The zero-order valence-electron chi connectivity index (χ0n) is 9.22. The molecule has 2 rings (SSSR count). The van der Waals surface area contributed by atoms with E-state index in [1.54, 1.807) is 6.07 Å². The molecule has 0 fully saturated rings. The molecule has 0 saturated heterocycles. The van der Waals surface area contributed by atoms with Crippen LogP contribution >= 0.6 is 0 Å². The van der Waals surface area contributed by atoms with Crippen molar-refractivity contribution in [3.63, 3.8) is 0 Å². The van der Waals surface area contributed by atoms with Gasteiger partial charge in [-0.05, 0) is 6.07 Å². The molecule has 96 valence electrons. The Morgan fingerprint density at radius 2 is 1.74 bits per heavy atom. The van der Waals surface area contributed by atoms with Gasteiger partial charge in [0.05, 0.1) is 17.4 Å². The smallest absolute Gasteiger partial charge is 0.185 e. The Bertz CT molecular complexity index is 653. The van der Waals surface area contributed by atoms with Gasteiger partial charge in [0.1, 0.15) is 11.8 Å². The number of pyridine rings is 1. The van der Waals surface area contributed by atoms with E-state index in [2.05, 4.69) is 10.3 Å². The van der Waals surface area contributed by atoms with Crippen LogP contribution in [0.3, 0.4) is 0 Å². The maximum atomic E-state index is 13.4. The van der Waals surface area contributed by atoms with E-state index < -0.39 is 29.0 Å². The summed E-state index contributed by atoms with van der Waals surface area (Å²) in [6.07, 6.45) is 2.41. The normalized spacial score (nSPS) is 10.1. The van der Waals surface area contributed by atoms with Gasteiger partial charge >= 0.3 is 0 Å². The second-order valence-electron chi connectivity index (χ2n) is 3.50. The van der Waals surface area contributed by atoms with E-state index >= 15 is 0 Å². The van der Waals surface area contributed by atoms with Gasteiger partial charge in [-0.1, -0.05) is 0 Å². The minimum atomic E-state index is -1.58. The standard InChI is InChI=1S/C12H5F4N3/c13-7-3-8(14)11(16)12(10(7)15)19-9-5-18-2-1-6(9)4-17/h1-3,5,19H. The van der Waals surface area contributed by atoms with Crippen molar-refractivity contribution in [3.05, 3.63) is 53.4 Å². The Morgan fingerprint density at radius 1 is 1.11 bits per heavy atom. The lowest BCUT2D eigenvalue weighted by molar-refractivity contribution is 0.459. The van der Waals surface area contributed by atoms with Gasteiger partial charge in [-0.2, -0.15) is 5.26 Å². The predicted octanol–water partition coefficient (Wildman–Crippen LogP) is 3.25. The van der Waals surface area contributed by atoms with Gasteiger partial charge in [0.2, 0.25) is 0 Å². The van der Waals surface area contributed by atoms with Gasteiger partial charge in [0.25, 0.3) is 0 Å². The Balaban J connectivity index is 2.53. The molecule has 0 atom stereocenters. The van der Waals surface area contributed by atoms with Crippen molar-refractivity contribution in [1.82, 2.24) is 4.98 Å². The van der Waals surface area contributed by atoms with E-state index in [1.807, 2.05) is 0 Å². The van der Waals surface area contributed by atoms with Crippen molar-refractivity contribution >= 4 is 11.4 Å². The van der Waals surface area contributed by atoms with Gasteiger partial charge in [-0.15, -0.1) is 0 Å². The third-order valence-electron chi connectivity index (χ3n) is 2.31. The van der Waals surface area contributed by atoms with Crippen LogP contribution in [0.15, 0.2) is 24.5 Å². The van der Waals surface area contributed by atoms with Gasteiger partial charge in [-0.25, -0.2) is 17.6 Å². The second-order valence-corrected chi connectivity index (χ2v) is 3.50. The number of benzene rings is 1. The summed E-state index contributed by atoms with van der Waals surface area (Å²) in [5.41, 5.74) is -1.05. The van der Waals surface area contributed by atoms with Crippen LogP contribution in [-0.2, 0) is 0 Å². The van der Waals surface area contributed by atoms with Gasteiger partial charge in [0, 0.05) is 12.3 Å². The van der Waals surface area contributed by atoms with Crippen molar-refractivity contribution in [3.8, 4) is 6.07 Å². The third-order valence-corrected chi connectivity index (χ3v) is 2.31. The molecule has 0 aliphatic heterocycles. The fourth-order valence-corrected chi connectivity index (χ4v) is 1.41. The van der Waals surface area contributed by atoms with Crippen LogP contribution in [0.25, 0.3) is 0 Å². The molecule has 0 radical (unpaired) electrons. The minimum absolute atomic E-state index is 0.0264. The first-order chi connectivity index (χ1) is 9.04. The summed E-state index contributed by atoms with van der Waals surface area (Å²) in [6.45, 7) is 0.